The van der Waals surface area contributed by atoms with Crippen molar-refractivity contribution in [2.24, 2.45) is 0 Å². The minimum Gasteiger partial charge on any atom is -0.294 e. The first-order chi connectivity index (χ1) is 24.8. The molecule has 0 aliphatic carbocycles. The Morgan fingerprint density at radius 3 is 1.34 bits per heavy atom. The van der Waals surface area contributed by atoms with E-state index in [2.05, 4.69) is 199 Å². The van der Waals surface area contributed by atoms with Gasteiger partial charge in [-0.1, -0.05) is 182 Å². The highest BCUT2D eigenvalue weighted by molar-refractivity contribution is 7.19. The summed E-state index contributed by atoms with van der Waals surface area (Å²) < 4.78 is 2.28. The lowest BCUT2D eigenvalue weighted by molar-refractivity contribution is 1.05. The summed E-state index contributed by atoms with van der Waals surface area (Å²) in [5.74, 6) is 1.54. The summed E-state index contributed by atoms with van der Waals surface area (Å²) in [4.78, 5) is 10.7. The first-order valence-electron chi connectivity index (χ1n) is 17.0. The average molecular weight is 656 g/mol. The molecule has 0 spiro atoms. The highest BCUT2D eigenvalue weighted by atomic mass is 28.3. The van der Waals surface area contributed by atoms with Crippen LogP contribution in [0.15, 0.2) is 200 Å². The molecule has 9 aromatic rings. The number of rotatable bonds is 7. The summed E-state index contributed by atoms with van der Waals surface area (Å²) >= 11 is 0. The number of para-hydroxylation sites is 2. The molecular weight excluding hydrogens is 623 g/mol. The highest BCUT2D eigenvalue weighted by Gasteiger charge is 2.28. The van der Waals surface area contributed by atoms with Gasteiger partial charge in [-0.2, -0.15) is 20.7 Å². The van der Waals surface area contributed by atoms with Gasteiger partial charge in [-0.15, -0.1) is 0 Å². The van der Waals surface area contributed by atoms with Crippen LogP contribution >= 0.6 is 0 Å². The van der Waals surface area contributed by atoms with Crippen LogP contribution in [0.2, 0.25) is 0 Å². The summed E-state index contributed by atoms with van der Waals surface area (Å²) in [5, 5.41) is 7.69. The predicted octanol–water partition coefficient (Wildman–Crippen LogP) is 8.29. The zero-order valence-electron chi connectivity index (χ0n) is 27.4. The molecule has 0 bridgehead atoms. The Labute approximate surface area is 292 Å². The minimum absolute atomic E-state index is 0.696. The van der Waals surface area contributed by atoms with Crippen LogP contribution in [0.3, 0.4) is 0 Å². The van der Waals surface area contributed by atoms with Crippen LogP contribution in [-0.2, 0) is 0 Å². The van der Waals surface area contributed by atoms with Gasteiger partial charge in [-0.3, -0.25) is 4.57 Å². The van der Waals surface area contributed by atoms with E-state index in [1.807, 2.05) is 6.07 Å². The summed E-state index contributed by atoms with van der Waals surface area (Å²) in [6.45, 7) is 0. The molecule has 7 aromatic carbocycles. The fraction of sp³-hybridized carbons (Fsp3) is 0. The van der Waals surface area contributed by atoms with Crippen molar-refractivity contribution >= 4 is 50.6 Å². The van der Waals surface area contributed by atoms with E-state index in [1.165, 1.54) is 31.5 Å². The van der Waals surface area contributed by atoms with Gasteiger partial charge in [0.1, 0.15) is 5.82 Å². The van der Waals surface area contributed by atoms with Crippen molar-refractivity contribution in [3.63, 3.8) is 0 Å². The van der Waals surface area contributed by atoms with Gasteiger partial charge in [0.2, 0.25) is 0 Å². The molecule has 50 heavy (non-hydrogen) atoms. The number of hydrogen-bond acceptors (Lipinski definition) is 2. The highest BCUT2D eigenvalue weighted by Crippen LogP contribution is 2.33. The van der Waals surface area contributed by atoms with E-state index in [9.17, 15) is 0 Å². The van der Waals surface area contributed by atoms with Crippen molar-refractivity contribution in [1.82, 2.24) is 14.5 Å². The van der Waals surface area contributed by atoms with Gasteiger partial charge in [0.15, 0.2) is 5.82 Å². The Morgan fingerprint density at radius 1 is 0.360 bits per heavy atom. The van der Waals surface area contributed by atoms with E-state index in [-0.39, 0.29) is 0 Å². The van der Waals surface area contributed by atoms with Crippen LogP contribution in [0.1, 0.15) is 0 Å². The van der Waals surface area contributed by atoms with E-state index in [4.69, 9.17) is 9.97 Å². The predicted molar refractivity (Wildman–Crippen MR) is 211 cm³/mol. The van der Waals surface area contributed by atoms with E-state index in [0.29, 0.717) is 5.82 Å². The second-order valence-corrected chi connectivity index (χ2v) is 16.4. The fourth-order valence-electron chi connectivity index (χ4n) is 7.56. The quantitative estimate of drug-likeness (QED) is 0.128. The molecule has 2 aromatic heterocycles. The Hall–Kier alpha value is -6.36. The van der Waals surface area contributed by atoms with Crippen molar-refractivity contribution in [3.8, 4) is 28.5 Å². The maximum Gasteiger partial charge on any atom is 0.162 e. The van der Waals surface area contributed by atoms with Gasteiger partial charge in [0.25, 0.3) is 0 Å². The summed E-state index contributed by atoms with van der Waals surface area (Å²) in [5.41, 5.74) is 5.16. The molecule has 3 nitrogen and oxygen atoms in total. The van der Waals surface area contributed by atoms with Gasteiger partial charge < -0.3 is 0 Å². The largest absolute Gasteiger partial charge is 0.294 e. The van der Waals surface area contributed by atoms with E-state index >= 15 is 0 Å². The Balaban J connectivity index is 1.32. The van der Waals surface area contributed by atoms with Gasteiger partial charge >= 0.3 is 0 Å². The molecule has 0 unspecified atom stereocenters. The normalized spacial score (nSPS) is 11.6. The molecule has 237 valence electrons. The molecule has 0 saturated heterocycles. The summed E-state index contributed by atoms with van der Waals surface area (Å²) in [6.07, 6.45) is 0. The molecule has 0 aliphatic heterocycles. The smallest absolute Gasteiger partial charge is 0.162 e. The van der Waals surface area contributed by atoms with Gasteiger partial charge in [0.05, 0.1) is 16.7 Å². The Morgan fingerprint density at radius 2 is 0.800 bits per heavy atom. The number of benzene rings is 7. The number of fused-ring (bicyclic) bond motifs is 3. The molecule has 0 atom stereocenters. The third-order valence-corrected chi connectivity index (χ3v) is 14.5. The zero-order valence-corrected chi connectivity index (χ0v) is 28.4. The third-order valence-electron chi connectivity index (χ3n) is 9.77. The van der Waals surface area contributed by atoms with Crippen molar-refractivity contribution in [2.45, 2.75) is 0 Å². The lowest BCUT2D eigenvalue weighted by atomic mass is 10.1. The van der Waals surface area contributed by atoms with E-state index in [1.54, 1.807) is 0 Å². The maximum atomic E-state index is 5.38. The minimum atomic E-state index is -2.74. The first-order valence-corrected chi connectivity index (χ1v) is 19.0. The average Bonchev–Trinajstić information content (AvgIpc) is 3.54. The molecule has 4 heteroatoms. The molecule has 0 radical (unpaired) electrons. The van der Waals surface area contributed by atoms with E-state index in [0.717, 1.165) is 33.7 Å². The van der Waals surface area contributed by atoms with Crippen LogP contribution in [-0.4, -0.2) is 22.6 Å². The second kappa shape index (κ2) is 12.6. The fourth-order valence-corrected chi connectivity index (χ4v) is 12.4. The van der Waals surface area contributed by atoms with Gasteiger partial charge in [-0.05, 0) is 20.2 Å². The van der Waals surface area contributed by atoms with Gasteiger partial charge in [0, 0.05) is 28.0 Å². The first kappa shape index (κ1) is 29.8. The molecule has 0 N–H and O–H groups in total. The Kier molecular flexibility index (Phi) is 7.49. The van der Waals surface area contributed by atoms with Crippen molar-refractivity contribution in [3.05, 3.63) is 200 Å². The number of hydrogen-bond donors (Lipinski definition) is 0. The van der Waals surface area contributed by atoms with Crippen molar-refractivity contribution in [1.29, 1.82) is 0 Å². The Bertz CT molecular complexity index is 2430. The summed E-state index contributed by atoms with van der Waals surface area (Å²) in [7, 11) is -2.74. The maximum absolute atomic E-state index is 5.38. The molecule has 9 rings (SSSR count). The van der Waals surface area contributed by atoms with Crippen LogP contribution < -0.4 is 20.7 Å². The van der Waals surface area contributed by atoms with Crippen molar-refractivity contribution in [2.75, 3.05) is 0 Å². The van der Waals surface area contributed by atoms with Crippen LogP contribution in [0.25, 0.3) is 50.3 Å². The lowest BCUT2D eigenvalue weighted by Gasteiger charge is -2.47. The van der Waals surface area contributed by atoms with Crippen molar-refractivity contribution < 1.29 is 0 Å². The molecule has 0 saturated carbocycles. The van der Waals surface area contributed by atoms with Gasteiger partial charge in [-0.25, -0.2) is 9.97 Å². The zero-order chi connectivity index (χ0) is 33.3. The molecule has 2 heterocycles. The van der Waals surface area contributed by atoms with E-state index < -0.39 is 8.07 Å². The van der Waals surface area contributed by atoms with Crippen LogP contribution in [0.4, 0.5) is 0 Å². The molecule has 0 aliphatic rings. The number of aromatic nitrogens is 3. The number of nitrogens with zero attached hydrogens (tertiary/aromatic N) is 3. The third kappa shape index (κ3) is 4.97. The topological polar surface area (TPSA) is 30.7 Å². The van der Waals surface area contributed by atoms with Crippen LogP contribution in [0, 0.1) is 0 Å². The summed E-state index contributed by atoms with van der Waals surface area (Å²) in [6, 6.07) is 71.8. The second-order valence-electron chi connectivity index (χ2n) is 12.6. The molecule has 0 amide bonds. The SMILES string of the molecule is c1ccc(-c2cc(-n3c4ccccc4c4ccccc43)nc(-c3cccc([Si-](c4ccccc4)(c4ccccc4)c4ccccc4)c3)n2)cc1. The standard InChI is InChI=1S/C46H33N3Si/c1-5-18-34(19-6-1)42-33-45(49-43-30-15-13-28-40(43)41-29-14-16-31-44(41)49)48-46(47-42)35-20-17-27-39(32-35)50(36-21-7-2-8-22-36,37-23-9-3-10-24-37)38-25-11-4-12-26-38/h1-33H/q-1. The molecule has 0 fully saturated rings. The monoisotopic (exact) mass is 655 g/mol. The van der Waals surface area contributed by atoms with Crippen LogP contribution in [0.5, 0.6) is 0 Å². The lowest BCUT2D eigenvalue weighted by Crippen LogP contribution is -2.74. The molecular formula is C46H33N3Si-.